The van der Waals surface area contributed by atoms with E-state index in [1.807, 2.05) is 57.2 Å². The molecule has 1 atom stereocenters. The highest BCUT2D eigenvalue weighted by Crippen LogP contribution is 2.21. The number of ether oxygens (including phenoxy) is 1. The molecule has 0 radical (unpaired) electrons. The molecule has 0 heterocycles. The summed E-state index contributed by atoms with van der Waals surface area (Å²) in [6.07, 6.45) is 1.07. The van der Waals surface area contributed by atoms with Crippen molar-refractivity contribution in [3.05, 3.63) is 59.7 Å². The molecule has 0 aliphatic rings. The van der Waals surface area contributed by atoms with Crippen molar-refractivity contribution >= 4 is 11.6 Å². The molecular formula is C22H30N2O2. The van der Waals surface area contributed by atoms with E-state index in [0.717, 1.165) is 29.8 Å². The maximum absolute atomic E-state index is 12.4. The molecule has 1 N–H and O–H groups in total. The third-order valence-corrected chi connectivity index (χ3v) is 4.44. The van der Waals surface area contributed by atoms with Gasteiger partial charge in [-0.15, -0.1) is 0 Å². The summed E-state index contributed by atoms with van der Waals surface area (Å²) in [6, 6.07) is 16.3. The molecule has 0 saturated heterocycles. The van der Waals surface area contributed by atoms with E-state index in [1.165, 1.54) is 5.69 Å². The second kappa shape index (κ2) is 9.85. The lowest BCUT2D eigenvalue weighted by molar-refractivity contribution is -0.128. The lowest BCUT2D eigenvalue weighted by Gasteiger charge is -2.21. The zero-order valence-corrected chi connectivity index (χ0v) is 16.3. The fraction of sp³-hybridized carbons (Fsp3) is 0.409. The summed E-state index contributed by atoms with van der Waals surface area (Å²) in [5.41, 5.74) is 3.36. The molecule has 0 aliphatic heterocycles. The van der Waals surface area contributed by atoms with E-state index in [-0.39, 0.29) is 5.91 Å². The zero-order valence-electron chi connectivity index (χ0n) is 16.3. The average Bonchev–Trinajstić information content (AvgIpc) is 2.66. The van der Waals surface area contributed by atoms with Crippen molar-refractivity contribution in [1.29, 1.82) is 0 Å². The van der Waals surface area contributed by atoms with Gasteiger partial charge in [0.05, 0.1) is 0 Å². The second-order valence-electron chi connectivity index (χ2n) is 6.69. The summed E-state index contributed by atoms with van der Waals surface area (Å²) in [7, 11) is 2.07. The summed E-state index contributed by atoms with van der Waals surface area (Å²) < 4.78 is 5.96. The number of rotatable bonds is 9. The molecule has 0 aromatic heterocycles. The maximum Gasteiger partial charge on any atom is 0.261 e. The maximum atomic E-state index is 12.4. The van der Waals surface area contributed by atoms with Gasteiger partial charge in [0.15, 0.2) is 6.10 Å². The van der Waals surface area contributed by atoms with Crippen molar-refractivity contribution in [3.8, 4) is 5.75 Å². The third-order valence-electron chi connectivity index (χ3n) is 4.44. The predicted molar refractivity (Wildman–Crippen MR) is 108 cm³/mol. The molecule has 0 saturated carbocycles. The van der Waals surface area contributed by atoms with Crippen LogP contribution in [0, 0.1) is 13.8 Å². The first-order valence-electron chi connectivity index (χ1n) is 9.29. The normalized spacial score (nSPS) is 11.7. The first-order chi connectivity index (χ1) is 12.5. The molecule has 2 rings (SSSR count). The Morgan fingerprint density at radius 1 is 1.15 bits per heavy atom. The summed E-state index contributed by atoms with van der Waals surface area (Å²) in [6.45, 7) is 7.52. The molecule has 4 nitrogen and oxygen atoms in total. The highest BCUT2D eigenvalue weighted by atomic mass is 16.5. The zero-order chi connectivity index (χ0) is 18.9. The topological polar surface area (TPSA) is 41.6 Å². The Kier molecular flexibility index (Phi) is 7.52. The van der Waals surface area contributed by atoms with E-state index in [9.17, 15) is 4.79 Å². The second-order valence-corrected chi connectivity index (χ2v) is 6.69. The van der Waals surface area contributed by atoms with Crippen LogP contribution in [0.2, 0.25) is 0 Å². The third kappa shape index (κ3) is 5.80. The lowest BCUT2D eigenvalue weighted by atomic mass is 10.1. The summed E-state index contributed by atoms with van der Waals surface area (Å²) in [5.74, 6) is 0.742. The number of carbonyl (C=O) groups excluding carboxylic acids is 1. The van der Waals surface area contributed by atoms with Gasteiger partial charge in [0.2, 0.25) is 0 Å². The molecule has 0 bridgehead atoms. The fourth-order valence-electron chi connectivity index (χ4n) is 2.76. The highest BCUT2D eigenvalue weighted by molar-refractivity contribution is 5.81. The number of nitrogens with zero attached hydrogens (tertiary/aromatic N) is 1. The van der Waals surface area contributed by atoms with Crippen LogP contribution in [0.15, 0.2) is 48.5 Å². The smallest absolute Gasteiger partial charge is 0.261 e. The molecule has 140 valence electrons. The molecule has 2 aromatic rings. The largest absolute Gasteiger partial charge is 0.480 e. The quantitative estimate of drug-likeness (QED) is 0.689. The number of nitrogens with one attached hydrogen (secondary N) is 1. The Morgan fingerprint density at radius 2 is 1.88 bits per heavy atom. The number of amides is 1. The van der Waals surface area contributed by atoms with E-state index in [4.69, 9.17) is 4.74 Å². The summed E-state index contributed by atoms with van der Waals surface area (Å²) in [5, 5.41) is 3.00. The van der Waals surface area contributed by atoms with Crippen LogP contribution < -0.4 is 15.0 Å². The van der Waals surface area contributed by atoms with Crippen molar-refractivity contribution in [2.75, 3.05) is 25.0 Å². The number of aryl methyl sites for hydroxylation is 2. The Labute approximate surface area is 157 Å². The van der Waals surface area contributed by atoms with Gasteiger partial charge in [-0.25, -0.2) is 0 Å². The van der Waals surface area contributed by atoms with Crippen molar-refractivity contribution < 1.29 is 9.53 Å². The Bertz CT molecular complexity index is 701. The van der Waals surface area contributed by atoms with E-state index < -0.39 is 6.10 Å². The van der Waals surface area contributed by atoms with E-state index >= 15 is 0 Å². The Hall–Kier alpha value is -2.49. The van der Waals surface area contributed by atoms with Crippen LogP contribution in [0.3, 0.4) is 0 Å². The van der Waals surface area contributed by atoms with Gasteiger partial charge in [0.1, 0.15) is 5.75 Å². The number of benzene rings is 2. The SMILES string of the molecule is CC[C@@H](Oc1cc(C)ccc1C)C(=O)NCCCN(C)c1ccccc1. The van der Waals surface area contributed by atoms with Gasteiger partial charge in [-0.2, -0.15) is 0 Å². The Balaban J connectivity index is 1.79. The molecule has 0 spiro atoms. The molecule has 0 fully saturated rings. The van der Waals surface area contributed by atoms with Crippen molar-refractivity contribution in [1.82, 2.24) is 5.32 Å². The van der Waals surface area contributed by atoms with Crippen molar-refractivity contribution in [2.45, 2.75) is 39.7 Å². The number of hydrogen-bond donors (Lipinski definition) is 1. The fourth-order valence-corrected chi connectivity index (χ4v) is 2.76. The van der Waals surface area contributed by atoms with Crippen LogP contribution in [0.5, 0.6) is 5.75 Å². The van der Waals surface area contributed by atoms with Crippen LogP contribution in [0.4, 0.5) is 5.69 Å². The monoisotopic (exact) mass is 354 g/mol. The molecule has 1 amide bonds. The van der Waals surface area contributed by atoms with E-state index in [0.29, 0.717) is 13.0 Å². The first kappa shape index (κ1) is 19.8. The Morgan fingerprint density at radius 3 is 2.58 bits per heavy atom. The molecule has 26 heavy (non-hydrogen) atoms. The molecular weight excluding hydrogens is 324 g/mol. The number of para-hydroxylation sites is 1. The predicted octanol–water partition coefficient (Wildman–Crippen LogP) is 4.10. The number of hydrogen-bond acceptors (Lipinski definition) is 3. The molecule has 0 unspecified atom stereocenters. The van der Waals surface area contributed by atoms with Gasteiger partial charge in [0, 0.05) is 25.8 Å². The minimum absolute atomic E-state index is 0.0456. The van der Waals surface area contributed by atoms with Gasteiger partial charge in [-0.3, -0.25) is 4.79 Å². The van der Waals surface area contributed by atoms with Crippen LogP contribution in [-0.2, 0) is 4.79 Å². The number of anilines is 1. The van der Waals surface area contributed by atoms with Gasteiger partial charge in [0.25, 0.3) is 5.91 Å². The van der Waals surface area contributed by atoms with Crippen LogP contribution in [-0.4, -0.2) is 32.1 Å². The standard InChI is InChI=1S/C22H30N2O2/c1-5-20(26-21-16-17(2)12-13-18(21)3)22(25)23-14-9-15-24(4)19-10-7-6-8-11-19/h6-8,10-13,16,20H,5,9,14-15H2,1-4H3,(H,23,25)/t20-/m1/s1. The van der Waals surface area contributed by atoms with Crippen LogP contribution >= 0.6 is 0 Å². The van der Waals surface area contributed by atoms with Crippen molar-refractivity contribution in [2.24, 2.45) is 0 Å². The van der Waals surface area contributed by atoms with E-state index in [1.54, 1.807) is 0 Å². The van der Waals surface area contributed by atoms with Gasteiger partial charge in [-0.1, -0.05) is 37.3 Å². The lowest BCUT2D eigenvalue weighted by Crippen LogP contribution is -2.39. The molecule has 4 heteroatoms. The number of carbonyl (C=O) groups is 1. The van der Waals surface area contributed by atoms with Crippen molar-refractivity contribution in [3.63, 3.8) is 0 Å². The van der Waals surface area contributed by atoms with Gasteiger partial charge >= 0.3 is 0 Å². The van der Waals surface area contributed by atoms with Gasteiger partial charge < -0.3 is 15.0 Å². The van der Waals surface area contributed by atoms with Crippen LogP contribution in [0.1, 0.15) is 30.9 Å². The summed E-state index contributed by atoms with van der Waals surface area (Å²) >= 11 is 0. The minimum Gasteiger partial charge on any atom is -0.480 e. The first-order valence-corrected chi connectivity index (χ1v) is 9.29. The molecule has 0 aliphatic carbocycles. The molecule has 2 aromatic carbocycles. The highest BCUT2D eigenvalue weighted by Gasteiger charge is 2.18. The minimum atomic E-state index is -0.456. The van der Waals surface area contributed by atoms with Gasteiger partial charge in [-0.05, 0) is 56.0 Å². The van der Waals surface area contributed by atoms with E-state index in [2.05, 4.69) is 29.4 Å². The summed E-state index contributed by atoms with van der Waals surface area (Å²) in [4.78, 5) is 14.6. The average molecular weight is 354 g/mol. The van der Waals surface area contributed by atoms with Crippen LogP contribution in [0.25, 0.3) is 0 Å².